The van der Waals surface area contributed by atoms with Gasteiger partial charge in [0.25, 0.3) is 0 Å². The zero-order valence-corrected chi connectivity index (χ0v) is 11.4. The van der Waals surface area contributed by atoms with Crippen LogP contribution in [0.2, 0.25) is 0 Å². The molecule has 1 nitrogen and oxygen atoms in total. The number of carbonyl (C=O) groups is 1. The van der Waals surface area contributed by atoms with Crippen LogP contribution in [0.25, 0.3) is 0 Å². The Kier molecular flexibility index (Phi) is 2.78. The molecule has 0 fully saturated rings. The minimum atomic E-state index is -0.486. The van der Waals surface area contributed by atoms with E-state index >= 15 is 0 Å². The molecule has 3 rings (SSSR count). The predicted molar refractivity (Wildman–Crippen MR) is 77.4 cm³/mol. The monoisotopic (exact) mass is 250 g/mol. The molecule has 0 aromatic heterocycles. The van der Waals surface area contributed by atoms with Gasteiger partial charge in [-0.1, -0.05) is 48.5 Å². The van der Waals surface area contributed by atoms with E-state index in [9.17, 15) is 4.79 Å². The summed E-state index contributed by atoms with van der Waals surface area (Å²) < 4.78 is 0. The van der Waals surface area contributed by atoms with Gasteiger partial charge in [0.05, 0.1) is 5.41 Å². The zero-order valence-electron chi connectivity index (χ0n) is 11.4. The molecule has 2 aromatic carbocycles. The molecule has 1 aliphatic rings. The maximum atomic E-state index is 12.6. The molecule has 0 aliphatic heterocycles. The van der Waals surface area contributed by atoms with Gasteiger partial charge in [0.2, 0.25) is 0 Å². The number of benzene rings is 2. The number of rotatable bonds is 1. The fraction of sp³-hybridized carbons (Fsp3) is 0.278. The fourth-order valence-corrected chi connectivity index (χ4v) is 3.30. The van der Waals surface area contributed by atoms with Crippen LogP contribution in [-0.4, -0.2) is 5.78 Å². The van der Waals surface area contributed by atoms with Gasteiger partial charge in [-0.3, -0.25) is 4.79 Å². The lowest BCUT2D eigenvalue weighted by Crippen LogP contribution is -2.39. The quantitative estimate of drug-likeness (QED) is 0.752. The van der Waals surface area contributed by atoms with E-state index in [0.29, 0.717) is 12.2 Å². The highest BCUT2D eigenvalue weighted by atomic mass is 16.1. The highest BCUT2D eigenvalue weighted by Crippen LogP contribution is 2.41. The van der Waals surface area contributed by atoms with Crippen LogP contribution in [0.4, 0.5) is 0 Å². The topological polar surface area (TPSA) is 17.1 Å². The molecule has 2 aromatic rings. The van der Waals surface area contributed by atoms with Crippen molar-refractivity contribution in [3.8, 4) is 0 Å². The van der Waals surface area contributed by atoms with Crippen molar-refractivity contribution in [2.24, 2.45) is 0 Å². The molecule has 0 bridgehead atoms. The van der Waals surface area contributed by atoms with E-state index in [1.807, 2.05) is 18.2 Å². The molecule has 96 valence electrons. The SMILES string of the molecule is Cc1ccccc1C1(C)C(=O)CCc2ccccc21. The number of fused-ring (bicyclic) bond motifs is 1. The summed E-state index contributed by atoms with van der Waals surface area (Å²) in [5, 5.41) is 0. The van der Waals surface area contributed by atoms with Crippen LogP contribution < -0.4 is 0 Å². The smallest absolute Gasteiger partial charge is 0.147 e. The lowest BCUT2D eigenvalue weighted by molar-refractivity contribution is -0.123. The van der Waals surface area contributed by atoms with Crippen molar-refractivity contribution in [2.45, 2.75) is 32.1 Å². The standard InChI is InChI=1S/C18H18O/c1-13-7-3-5-9-15(13)18(2)16-10-6-4-8-14(16)11-12-17(18)19/h3-10H,11-12H2,1-2H3. The minimum Gasteiger partial charge on any atom is -0.298 e. The van der Waals surface area contributed by atoms with E-state index < -0.39 is 5.41 Å². The van der Waals surface area contributed by atoms with Crippen LogP contribution in [0.15, 0.2) is 48.5 Å². The second-order valence-electron chi connectivity index (χ2n) is 5.52. The summed E-state index contributed by atoms with van der Waals surface area (Å²) in [5.41, 5.74) is 4.34. The number of hydrogen-bond donors (Lipinski definition) is 0. The van der Waals surface area contributed by atoms with Gasteiger partial charge in [0.1, 0.15) is 5.78 Å². The number of ketones is 1. The molecule has 0 amide bonds. The molecular weight excluding hydrogens is 232 g/mol. The summed E-state index contributed by atoms with van der Waals surface area (Å²) in [6, 6.07) is 16.6. The Hall–Kier alpha value is -1.89. The van der Waals surface area contributed by atoms with Crippen LogP contribution in [-0.2, 0) is 16.6 Å². The first kappa shape index (κ1) is 12.2. The number of aryl methyl sites for hydroxylation is 2. The predicted octanol–water partition coefficient (Wildman–Crippen LogP) is 3.82. The van der Waals surface area contributed by atoms with E-state index in [2.05, 4.69) is 44.2 Å². The first-order valence-corrected chi connectivity index (χ1v) is 6.82. The van der Waals surface area contributed by atoms with Crippen molar-refractivity contribution in [1.82, 2.24) is 0 Å². The van der Waals surface area contributed by atoms with Gasteiger partial charge in [0.15, 0.2) is 0 Å². The van der Waals surface area contributed by atoms with Crippen LogP contribution in [0.1, 0.15) is 35.6 Å². The van der Waals surface area contributed by atoms with Crippen LogP contribution in [0.5, 0.6) is 0 Å². The van der Waals surface area contributed by atoms with Crippen LogP contribution >= 0.6 is 0 Å². The fourth-order valence-electron chi connectivity index (χ4n) is 3.30. The molecule has 0 saturated heterocycles. The molecule has 1 heteroatoms. The zero-order chi connectivity index (χ0) is 13.5. The maximum Gasteiger partial charge on any atom is 0.147 e. The summed E-state index contributed by atoms with van der Waals surface area (Å²) in [4.78, 5) is 12.6. The number of hydrogen-bond acceptors (Lipinski definition) is 1. The summed E-state index contributed by atoms with van der Waals surface area (Å²) in [6.07, 6.45) is 1.51. The van der Waals surface area contributed by atoms with E-state index in [1.165, 1.54) is 16.7 Å². The Morgan fingerprint density at radius 3 is 2.26 bits per heavy atom. The second-order valence-corrected chi connectivity index (χ2v) is 5.52. The van der Waals surface area contributed by atoms with E-state index in [4.69, 9.17) is 0 Å². The molecule has 19 heavy (non-hydrogen) atoms. The Labute approximate surface area is 114 Å². The van der Waals surface area contributed by atoms with Crippen molar-refractivity contribution in [3.63, 3.8) is 0 Å². The third kappa shape index (κ3) is 1.73. The highest BCUT2D eigenvalue weighted by molar-refractivity contribution is 5.95. The molecular formula is C18H18O. The van der Waals surface area contributed by atoms with Crippen molar-refractivity contribution in [2.75, 3.05) is 0 Å². The van der Waals surface area contributed by atoms with E-state index in [-0.39, 0.29) is 0 Å². The first-order valence-electron chi connectivity index (χ1n) is 6.82. The van der Waals surface area contributed by atoms with Crippen LogP contribution in [0, 0.1) is 6.92 Å². The molecule has 0 heterocycles. The first-order chi connectivity index (χ1) is 9.14. The van der Waals surface area contributed by atoms with Gasteiger partial charge in [0, 0.05) is 6.42 Å². The lowest BCUT2D eigenvalue weighted by Gasteiger charge is -2.36. The lowest BCUT2D eigenvalue weighted by atomic mass is 9.65. The van der Waals surface area contributed by atoms with Gasteiger partial charge in [-0.25, -0.2) is 0 Å². The molecule has 0 saturated carbocycles. The summed E-state index contributed by atoms with van der Waals surface area (Å²) in [5.74, 6) is 0.334. The van der Waals surface area contributed by atoms with Crippen molar-refractivity contribution in [1.29, 1.82) is 0 Å². The summed E-state index contributed by atoms with van der Waals surface area (Å²) in [7, 11) is 0. The molecule has 0 N–H and O–H groups in total. The van der Waals surface area contributed by atoms with Crippen molar-refractivity contribution in [3.05, 3.63) is 70.8 Å². The molecule has 0 radical (unpaired) electrons. The Bertz CT molecular complexity index is 642. The van der Waals surface area contributed by atoms with Gasteiger partial charge >= 0.3 is 0 Å². The van der Waals surface area contributed by atoms with E-state index in [1.54, 1.807) is 0 Å². The molecule has 1 aliphatic carbocycles. The normalized spacial score (nSPS) is 22.1. The minimum absolute atomic E-state index is 0.334. The Morgan fingerprint density at radius 1 is 0.895 bits per heavy atom. The average molecular weight is 250 g/mol. The third-order valence-electron chi connectivity index (χ3n) is 4.42. The summed E-state index contributed by atoms with van der Waals surface area (Å²) in [6.45, 7) is 4.17. The number of carbonyl (C=O) groups excluding carboxylic acids is 1. The maximum absolute atomic E-state index is 12.6. The average Bonchev–Trinajstić information content (AvgIpc) is 2.44. The van der Waals surface area contributed by atoms with Crippen molar-refractivity contribution < 1.29 is 4.79 Å². The van der Waals surface area contributed by atoms with Gasteiger partial charge in [-0.05, 0) is 42.5 Å². The van der Waals surface area contributed by atoms with Gasteiger partial charge < -0.3 is 0 Å². The highest BCUT2D eigenvalue weighted by Gasteiger charge is 2.41. The second kappa shape index (κ2) is 4.34. The van der Waals surface area contributed by atoms with E-state index in [0.717, 1.165) is 12.0 Å². The molecule has 1 atom stereocenters. The summed E-state index contributed by atoms with van der Waals surface area (Å²) >= 11 is 0. The van der Waals surface area contributed by atoms with Gasteiger partial charge in [-0.2, -0.15) is 0 Å². The number of Topliss-reactive ketones (excluding diaryl/α,β-unsaturated/α-hetero) is 1. The largest absolute Gasteiger partial charge is 0.298 e. The van der Waals surface area contributed by atoms with Gasteiger partial charge in [-0.15, -0.1) is 0 Å². The van der Waals surface area contributed by atoms with Crippen LogP contribution in [0.3, 0.4) is 0 Å². The molecule has 1 unspecified atom stereocenters. The third-order valence-corrected chi connectivity index (χ3v) is 4.42. The van der Waals surface area contributed by atoms with Crippen molar-refractivity contribution >= 4 is 5.78 Å². The molecule has 0 spiro atoms. The Balaban J connectivity index is 2.28. The Morgan fingerprint density at radius 2 is 1.53 bits per heavy atom.